The Balaban J connectivity index is 1.65. The maximum absolute atomic E-state index is 5.91. The van der Waals surface area contributed by atoms with Gasteiger partial charge >= 0.3 is 0 Å². The first-order chi connectivity index (χ1) is 15.7. The van der Waals surface area contributed by atoms with Crippen LogP contribution in [0.3, 0.4) is 0 Å². The molecule has 0 amide bonds. The van der Waals surface area contributed by atoms with E-state index in [1.807, 2.05) is 47.0 Å². The Morgan fingerprint density at radius 1 is 1.00 bits per heavy atom. The minimum Gasteiger partial charge on any atom is -0.494 e. The van der Waals surface area contributed by atoms with Crippen molar-refractivity contribution in [2.45, 2.75) is 6.42 Å². The molecule has 0 unspecified atom stereocenters. The van der Waals surface area contributed by atoms with Gasteiger partial charge in [0.25, 0.3) is 0 Å². The number of aromatic nitrogens is 5. The lowest BCUT2D eigenvalue weighted by Gasteiger charge is -2.17. The van der Waals surface area contributed by atoms with Crippen molar-refractivity contribution in [3.63, 3.8) is 0 Å². The van der Waals surface area contributed by atoms with Crippen LogP contribution in [0.2, 0.25) is 5.02 Å². The number of hydrogen-bond acceptors (Lipinski definition) is 8. The van der Waals surface area contributed by atoms with Gasteiger partial charge in [-0.15, -0.1) is 10.2 Å². The minimum absolute atomic E-state index is 0.542. The minimum atomic E-state index is 0.542. The van der Waals surface area contributed by atoms with Gasteiger partial charge in [0.1, 0.15) is 17.2 Å². The van der Waals surface area contributed by atoms with Crippen molar-refractivity contribution in [3.8, 4) is 28.6 Å². The maximum atomic E-state index is 5.91. The third kappa shape index (κ3) is 4.79. The fourth-order valence-electron chi connectivity index (χ4n) is 3.12. The molecule has 0 aliphatic heterocycles. The predicted octanol–water partition coefficient (Wildman–Crippen LogP) is 4.70. The van der Waals surface area contributed by atoms with E-state index >= 15 is 0 Å². The highest BCUT2D eigenvalue weighted by molar-refractivity contribution is 8.00. The van der Waals surface area contributed by atoms with E-state index in [9.17, 15) is 0 Å². The molecule has 32 heavy (non-hydrogen) atoms. The van der Waals surface area contributed by atoms with Gasteiger partial charge in [-0.05, 0) is 48.3 Å². The van der Waals surface area contributed by atoms with Gasteiger partial charge in [0.15, 0.2) is 5.82 Å². The second-order valence-corrected chi connectivity index (χ2v) is 7.94. The molecule has 0 saturated carbocycles. The highest BCUT2D eigenvalue weighted by atomic mass is 35.5. The lowest BCUT2D eigenvalue weighted by Crippen LogP contribution is -2.07. The Kier molecular flexibility index (Phi) is 7.08. The summed E-state index contributed by atoms with van der Waals surface area (Å²) in [6.45, 7) is 0. The Bertz CT molecular complexity index is 1150. The summed E-state index contributed by atoms with van der Waals surface area (Å²) in [6, 6.07) is 13.2. The molecule has 3 aromatic heterocycles. The lowest BCUT2D eigenvalue weighted by atomic mass is 10.2. The van der Waals surface area contributed by atoms with Crippen LogP contribution < -0.4 is 14.2 Å². The summed E-state index contributed by atoms with van der Waals surface area (Å²) in [5.74, 6) is 3.19. The van der Waals surface area contributed by atoms with E-state index in [2.05, 4.69) is 24.9 Å². The van der Waals surface area contributed by atoms with Crippen LogP contribution in [0.5, 0.6) is 11.5 Å². The van der Waals surface area contributed by atoms with Gasteiger partial charge in [-0.25, -0.2) is 0 Å². The number of methoxy groups -OCH3 is 2. The molecule has 0 radical (unpaired) electrons. The van der Waals surface area contributed by atoms with Crippen molar-refractivity contribution >= 4 is 29.5 Å². The van der Waals surface area contributed by atoms with E-state index in [1.54, 1.807) is 32.8 Å². The van der Waals surface area contributed by atoms with Gasteiger partial charge in [-0.3, -0.25) is 19.3 Å². The van der Waals surface area contributed by atoms with Gasteiger partial charge in [0.2, 0.25) is 5.95 Å². The lowest BCUT2D eigenvalue weighted by molar-refractivity contribution is 0.391. The van der Waals surface area contributed by atoms with E-state index < -0.39 is 0 Å². The summed E-state index contributed by atoms with van der Waals surface area (Å²) in [5.41, 5.74) is 2.48. The van der Waals surface area contributed by atoms with Crippen LogP contribution in [0.4, 0.5) is 5.95 Å². The van der Waals surface area contributed by atoms with Crippen LogP contribution in [0, 0.1) is 0 Å². The molecule has 1 aromatic carbocycles. The molecule has 0 saturated heterocycles. The topological polar surface area (TPSA) is 87.0 Å². The zero-order valence-corrected chi connectivity index (χ0v) is 19.1. The highest BCUT2D eigenvalue weighted by Gasteiger charge is 2.22. The molecule has 8 nitrogen and oxygen atoms in total. The molecule has 0 fully saturated rings. The van der Waals surface area contributed by atoms with Crippen molar-refractivity contribution in [3.05, 3.63) is 71.8 Å². The largest absolute Gasteiger partial charge is 0.494 e. The summed E-state index contributed by atoms with van der Waals surface area (Å²) < 4.78 is 16.4. The molecule has 0 aliphatic carbocycles. The number of anilines is 1. The number of pyridine rings is 2. The molecular weight excluding hydrogens is 448 g/mol. The van der Waals surface area contributed by atoms with Crippen molar-refractivity contribution in [2.24, 2.45) is 0 Å². The van der Waals surface area contributed by atoms with E-state index in [4.69, 9.17) is 21.1 Å². The van der Waals surface area contributed by atoms with Crippen LogP contribution in [0.25, 0.3) is 17.1 Å². The molecular formula is C22H21ClN6O2S. The molecule has 0 bridgehead atoms. The quantitative estimate of drug-likeness (QED) is 0.279. The smallest absolute Gasteiger partial charge is 0.239 e. The average Bonchev–Trinajstić information content (AvgIpc) is 3.26. The van der Waals surface area contributed by atoms with Gasteiger partial charge in [-0.2, -0.15) is 0 Å². The van der Waals surface area contributed by atoms with Gasteiger partial charge in [0.05, 0.1) is 19.2 Å². The molecule has 0 atom stereocenters. The third-order valence-corrected chi connectivity index (χ3v) is 5.58. The Hall–Kier alpha value is -3.30. The predicted molar refractivity (Wildman–Crippen MR) is 127 cm³/mol. The molecule has 3 heterocycles. The Morgan fingerprint density at radius 3 is 2.47 bits per heavy atom. The van der Waals surface area contributed by atoms with Gasteiger partial charge in [-0.1, -0.05) is 17.7 Å². The van der Waals surface area contributed by atoms with Crippen molar-refractivity contribution < 1.29 is 9.47 Å². The molecule has 0 aliphatic rings. The molecule has 4 aromatic rings. The number of halogens is 1. The number of rotatable bonds is 9. The van der Waals surface area contributed by atoms with Crippen molar-refractivity contribution in [1.82, 2.24) is 24.7 Å². The Labute approximate surface area is 195 Å². The molecule has 164 valence electrons. The maximum Gasteiger partial charge on any atom is 0.239 e. The van der Waals surface area contributed by atoms with E-state index in [1.165, 1.54) is 11.9 Å². The Morgan fingerprint density at radius 2 is 1.81 bits per heavy atom. The van der Waals surface area contributed by atoms with E-state index in [0.717, 1.165) is 23.4 Å². The average molecular weight is 469 g/mol. The van der Waals surface area contributed by atoms with Crippen LogP contribution in [0.1, 0.15) is 5.69 Å². The zero-order valence-electron chi connectivity index (χ0n) is 17.5. The van der Waals surface area contributed by atoms with E-state index in [0.29, 0.717) is 34.0 Å². The first-order valence-electron chi connectivity index (χ1n) is 9.76. The summed E-state index contributed by atoms with van der Waals surface area (Å²) in [6.07, 6.45) is 5.88. The van der Waals surface area contributed by atoms with Crippen LogP contribution in [0.15, 0.2) is 61.1 Å². The first-order valence-corrected chi connectivity index (χ1v) is 11.1. The summed E-state index contributed by atoms with van der Waals surface area (Å²) >= 11 is 7.41. The number of hydrogen-bond donors (Lipinski definition) is 1. The zero-order chi connectivity index (χ0) is 22.3. The number of nitrogens with one attached hydrogen (secondary N) is 1. The molecule has 10 heteroatoms. The number of aryl methyl sites for hydroxylation is 1. The van der Waals surface area contributed by atoms with Crippen LogP contribution in [-0.2, 0) is 6.42 Å². The SMILES string of the molecule is COc1cccc(OC)c1-n1c(NSCCc2ccc(Cl)cn2)nnc1-c1cccnc1. The summed E-state index contributed by atoms with van der Waals surface area (Å²) in [7, 11) is 3.24. The monoisotopic (exact) mass is 468 g/mol. The van der Waals surface area contributed by atoms with Crippen molar-refractivity contribution in [1.29, 1.82) is 0 Å². The van der Waals surface area contributed by atoms with Gasteiger partial charge < -0.3 is 9.47 Å². The summed E-state index contributed by atoms with van der Waals surface area (Å²) in [5, 5.41) is 9.43. The molecule has 1 N–H and O–H groups in total. The number of ether oxygens (including phenoxy) is 2. The fraction of sp³-hybridized carbons (Fsp3) is 0.182. The van der Waals surface area contributed by atoms with Crippen molar-refractivity contribution in [2.75, 3.05) is 24.7 Å². The summed E-state index contributed by atoms with van der Waals surface area (Å²) in [4.78, 5) is 8.55. The van der Waals surface area contributed by atoms with E-state index in [-0.39, 0.29) is 0 Å². The third-order valence-electron chi connectivity index (χ3n) is 4.62. The second-order valence-electron chi connectivity index (χ2n) is 6.60. The first kappa shape index (κ1) is 21.9. The van der Waals surface area contributed by atoms with Crippen LogP contribution in [-0.4, -0.2) is 44.7 Å². The number of nitrogens with zero attached hydrogens (tertiary/aromatic N) is 5. The van der Waals surface area contributed by atoms with Crippen LogP contribution >= 0.6 is 23.5 Å². The standard InChI is InChI=1S/C22H21ClN6O2S/c1-30-18-6-3-7-19(31-2)20(18)29-21(15-5-4-11-24-13-15)26-27-22(29)28-32-12-10-17-9-8-16(23)14-25-17/h3-9,11,13-14H,10,12H2,1-2H3,(H,27,28). The second kappa shape index (κ2) is 10.3. The fourth-order valence-corrected chi connectivity index (χ4v) is 3.91. The number of benzene rings is 1. The highest BCUT2D eigenvalue weighted by Crippen LogP contribution is 2.37. The normalized spacial score (nSPS) is 10.7. The van der Waals surface area contributed by atoms with Gasteiger partial charge in [0, 0.05) is 42.0 Å². The molecule has 4 rings (SSSR count). The molecule has 0 spiro atoms. The number of para-hydroxylation sites is 1.